The van der Waals surface area contributed by atoms with E-state index in [1.165, 1.54) is 11.3 Å². The molecular weight excluding hydrogens is 426 g/mol. The van der Waals surface area contributed by atoms with E-state index < -0.39 is 0 Å². The van der Waals surface area contributed by atoms with Gasteiger partial charge in [-0.25, -0.2) is 0 Å². The number of ether oxygens (including phenoxy) is 1. The highest BCUT2D eigenvalue weighted by Crippen LogP contribution is 2.28. The van der Waals surface area contributed by atoms with Crippen molar-refractivity contribution in [1.82, 2.24) is 20.1 Å². The van der Waals surface area contributed by atoms with Crippen LogP contribution < -0.4 is 10.1 Å². The first-order valence-electron chi connectivity index (χ1n) is 10.5. The molecule has 1 aliphatic rings. The highest BCUT2D eigenvalue weighted by molar-refractivity contribution is 7.13. The van der Waals surface area contributed by atoms with Crippen molar-refractivity contribution in [2.24, 2.45) is 5.92 Å². The van der Waals surface area contributed by atoms with Crippen molar-refractivity contribution < 1.29 is 14.3 Å². The van der Waals surface area contributed by atoms with Crippen LogP contribution in [0.5, 0.6) is 5.75 Å². The maximum atomic E-state index is 13.1. The van der Waals surface area contributed by atoms with Gasteiger partial charge in [0.1, 0.15) is 17.9 Å². The van der Waals surface area contributed by atoms with Crippen LogP contribution in [0.2, 0.25) is 0 Å². The first-order chi connectivity index (χ1) is 15.5. The van der Waals surface area contributed by atoms with Crippen LogP contribution in [0.3, 0.4) is 0 Å². The Morgan fingerprint density at radius 2 is 1.97 bits per heavy atom. The monoisotopic (exact) mass is 451 g/mol. The van der Waals surface area contributed by atoms with Crippen LogP contribution in [0.1, 0.15) is 39.9 Å². The van der Waals surface area contributed by atoms with Crippen LogP contribution in [0.25, 0.3) is 0 Å². The summed E-state index contributed by atoms with van der Waals surface area (Å²) in [6.45, 7) is 5.42. The average Bonchev–Trinajstić information content (AvgIpc) is 3.32. The van der Waals surface area contributed by atoms with E-state index >= 15 is 0 Å². The zero-order valence-corrected chi connectivity index (χ0v) is 18.9. The summed E-state index contributed by atoms with van der Waals surface area (Å²) >= 11 is 1.29. The minimum Gasteiger partial charge on any atom is -0.488 e. The Balaban J connectivity index is 1.35. The normalized spacial score (nSPS) is 14.2. The summed E-state index contributed by atoms with van der Waals surface area (Å²) < 4.78 is 6.00. The minimum absolute atomic E-state index is 0.0157. The van der Waals surface area contributed by atoms with E-state index in [-0.39, 0.29) is 17.7 Å². The average molecular weight is 452 g/mol. The first kappa shape index (κ1) is 21.9. The van der Waals surface area contributed by atoms with E-state index in [1.54, 1.807) is 17.9 Å². The van der Waals surface area contributed by atoms with Crippen molar-refractivity contribution in [3.05, 3.63) is 64.4 Å². The number of aromatic nitrogens is 3. The van der Waals surface area contributed by atoms with E-state index in [1.807, 2.05) is 43.0 Å². The predicted molar refractivity (Wildman–Crippen MR) is 122 cm³/mol. The molecule has 0 bridgehead atoms. The number of carbonyl (C=O) groups is 2. The molecule has 0 spiro atoms. The molecule has 1 aromatic carbocycles. The fourth-order valence-corrected chi connectivity index (χ4v) is 4.35. The minimum atomic E-state index is -0.130. The van der Waals surface area contributed by atoms with Gasteiger partial charge in [0.2, 0.25) is 11.0 Å². The SMILES string of the molecule is Cc1cc(C(=O)N2CCC(C(=O)Nc3nncs3)CC2)cc(C)c1OCc1cccnc1. The van der Waals surface area contributed by atoms with Crippen molar-refractivity contribution in [3.63, 3.8) is 0 Å². The van der Waals surface area contributed by atoms with Crippen LogP contribution in [0.4, 0.5) is 5.13 Å². The quantitative estimate of drug-likeness (QED) is 0.615. The molecule has 1 N–H and O–H groups in total. The number of aryl methyl sites for hydroxylation is 2. The molecule has 1 aliphatic heterocycles. The third-order valence-electron chi connectivity index (χ3n) is 5.56. The third-order valence-corrected chi connectivity index (χ3v) is 6.16. The number of likely N-dealkylation sites (tertiary alicyclic amines) is 1. The second kappa shape index (κ2) is 9.86. The Hall–Kier alpha value is -3.33. The second-order valence-electron chi connectivity index (χ2n) is 7.89. The molecule has 3 heterocycles. The summed E-state index contributed by atoms with van der Waals surface area (Å²) in [5, 5.41) is 10.9. The van der Waals surface area contributed by atoms with Crippen molar-refractivity contribution >= 4 is 28.3 Å². The fraction of sp³-hybridized carbons (Fsp3) is 0.348. The summed E-state index contributed by atoms with van der Waals surface area (Å²) in [6.07, 6.45) is 4.76. The van der Waals surface area contributed by atoms with Gasteiger partial charge in [-0.15, -0.1) is 10.2 Å². The molecule has 1 saturated heterocycles. The molecule has 32 heavy (non-hydrogen) atoms. The lowest BCUT2D eigenvalue weighted by Gasteiger charge is -2.31. The summed E-state index contributed by atoms with van der Waals surface area (Å²) in [4.78, 5) is 31.4. The molecule has 1 fully saturated rings. The standard InChI is InChI=1S/C23H25N5O3S/c1-15-10-19(11-16(2)20(15)31-13-17-4-3-7-24-12-17)22(30)28-8-5-18(6-9-28)21(29)26-23-27-25-14-32-23/h3-4,7,10-12,14,18H,5-6,8-9,13H2,1-2H3,(H,26,27,29). The number of carbonyl (C=O) groups excluding carboxylic acids is 2. The van der Waals surface area contributed by atoms with E-state index in [4.69, 9.17) is 4.74 Å². The van der Waals surface area contributed by atoms with Crippen LogP contribution in [0, 0.1) is 19.8 Å². The molecule has 0 aliphatic carbocycles. The molecule has 166 valence electrons. The van der Waals surface area contributed by atoms with Gasteiger partial charge >= 0.3 is 0 Å². The summed E-state index contributed by atoms with van der Waals surface area (Å²) in [5.41, 5.74) is 5.05. The molecular formula is C23H25N5O3S. The lowest BCUT2D eigenvalue weighted by atomic mass is 9.95. The zero-order chi connectivity index (χ0) is 22.5. The Kier molecular flexibility index (Phi) is 6.75. The molecule has 0 unspecified atom stereocenters. The van der Waals surface area contributed by atoms with Crippen molar-refractivity contribution in [3.8, 4) is 5.75 Å². The first-order valence-corrected chi connectivity index (χ1v) is 11.4. The number of nitrogens with one attached hydrogen (secondary N) is 1. The van der Waals surface area contributed by atoms with Gasteiger partial charge in [0.15, 0.2) is 0 Å². The van der Waals surface area contributed by atoms with Gasteiger partial charge in [-0.3, -0.25) is 14.6 Å². The number of hydrogen-bond donors (Lipinski definition) is 1. The summed E-state index contributed by atoms with van der Waals surface area (Å²) in [6, 6.07) is 7.60. The van der Waals surface area contributed by atoms with Gasteiger partial charge in [0.05, 0.1) is 0 Å². The topological polar surface area (TPSA) is 97.3 Å². The van der Waals surface area contributed by atoms with Gasteiger partial charge in [-0.2, -0.15) is 0 Å². The number of hydrogen-bond acceptors (Lipinski definition) is 7. The van der Waals surface area contributed by atoms with E-state index in [0.29, 0.717) is 43.2 Å². The molecule has 0 saturated carbocycles. The number of pyridine rings is 1. The Morgan fingerprint density at radius 1 is 1.22 bits per heavy atom. The maximum Gasteiger partial charge on any atom is 0.253 e. The van der Waals surface area contributed by atoms with Crippen LogP contribution in [-0.4, -0.2) is 45.0 Å². The van der Waals surface area contributed by atoms with E-state index in [2.05, 4.69) is 20.5 Å². The van der Waals surface area contributed by atoms with E-state index in [0.717, 1.165) is 22.4 Å². The number of nitrogens with zero attached hydrogens (tertiary/aromatic N) is 4. The Labute approximate surface area is 190 Å². The predicted octanol–water partition coefficient (Wildman–Crippen LogP) is 3.62. The molecule has 0 radical (unpaired) electrons. The number of piperidine rings is 1. The van der Waals surface area contributed by atoms with Crippen molar-refractivity contribution in [1.29, 1.82) is 0 Å². The maximum absolute atomic E-state index is 13.1. The zero-order valence-electron chi connectivity index (χ0n) is 18.1. The molecule has 0 atom stereocenters. The fourth-order valence-electron chi connectivity index (χ4n) is 3.90. The summed E-state index contributed by atoms with van der Waals surface area (Å²) in [7, 11) is 0. The Bertz CT molecular complexity index is 1060. The lowest BCUT2D eigenvalue weighted by Crippen LogP contribution is -2.41. The highest BCUT2D eigenvalue weighted by atomic mass is 32.1. The largest absolute Gasteiger partial charge is 0.488 e. The van der Waals surface area contributed by atoms with Crippen LogP contribution >= 0.6 is 11.3 Å². The second-order valence-corrected chi connectivity index (χ2v) is 8.72. The molecule has 3 aromatic rings. The number of benzene rings is 1. The van der Waals surface area contributed by atoms with Crippen LogP contribution in [0.15, 0.2) is 42.2 Å². The smallest absolute Gasteiger partial charge is 0.253 e. The third kappa shape index (κ3) is 5.11. The van der Waals surface area contributed by atoms with Crippen molar-refractivity contribution in [2.75, 3.05) is 18.4 Å². The van der Waals surface area contributed by atoms with Crippen LogP contribution in [-0.2, 0) is 11.4 Å². The van der Waals surface area contributed by atoms with Gasteiger partial charge in [-0.1, -0.05) is 17.4 Å². The number of amides is 2. The van der Waals surface area contributed by atoms with Gasteiger partial charge in [-0.05, 0) is 56.0 Å². The van der Waals surface area contributed by atoms with Gasteiger partial charge in [0, 0.05) is 42.5 Å². The van der Waals surface area contributed by atoms with Gasteiger partial charge in [0.25, 0.3) is 5.91 Å². The number of anilines is 1. The number of rotatable bonds is 6. The molecule has 2 amide bonds. The summed E-state index contributed by atoms with van der Waals surface area (Å²) in [5.74, 6) is 0.584. The van der Waals surface area contributed by atoms with Crippen molar-refractivity contribution in [2.45, 2.75) is 33.3 Å². The van der Waals surface area contributed by atoms with E-state index in [9.17, 15) is 9.59 Å². The lowest BCUT2D eigenvalue weighted by molar-refractivity contribution is -0.121. The molecule has 4 rings (SSSR count). The Morgan fingerprint density at radius 3 is 2.59 bits per heavy atom. The molecule has 2 aromatic heterocycles. The van der Waals surface area contributed by atoms with Gasteiger partial charge < -0.3 is 15.0 Å². The molecule has 8 nitrogen and oxygen atoms in total. The highest BCUT2D eigenvalue weighted by Gasteiger charge is 2.28. The molecule has 9 heteroatoms.